The Morgan fingerprint density at radius 3 is 2.50 bits per heavy atom. The van der Waals surface area contributed by atoms with E-state index in [1.807, 2.05) is 30.3 Å². The van der Waals surface area contributed by atoms with Crippen molar-refractivity contribution in [1.29, 1.82) is 0 Å². The lowest BCUT2D eigenvalue weighted by Gasteiger charge is -1.99. The van der Waals surface area contributed by atoms with Gasteiger partial charge in [-0.25, -0.2) is 9.78 Å². The molecule has 0 unspecified atom stereocenters. The summed E-state index contributed by atoms with van der Waals surface area (Å²) in [6.45, 7) is 0. The summed E-state index contributed by atoms with van der Waals surface area (Å²) in [5.41, 5.74) is 1.52. The molecule has 0 N–H and O–H groups in total. The van der Waals surface area contributed by atoms with Crippen molar-refractivity contribution in [1.82, 2.24) is 15.2 Å². The van der Waals surface area contributed by atoms with Crippen LogP contribution in [0.4, 0.5) is 0 Å². The van der Waals surface area contributed by atoms with E-state index in [0.29, 0.717) is 5.69 Å². The van der Waals surface area contributed by atoms with Crippen LogP contribution in [0.2, 0.25) is 0 Å². The summed E-state index contributed by atoms with van der Waals surface area (Å²) in [5, 5.41) is 7.59. The SMILES string of the molecule is COC(=O)c1ncc(-c2ccccc2)nn1. The summed E-state index contributed by atoms with van der Waals surface area (Å²) in [5.74, 6) is -0.630. The lowest BCUT2D eigenvalue weighted by Crippen LogP contribution is -2.08. The Kier molecular flexibility index (Phi) is 2.86. The standard InChI is InChI=1S/C11H9N3O2/c1-16-11(15)10-12-7-9(13-14-10)8-5-3-2-4-6-8/h2-7H,1H3. The second kappa shape index (κ2) is 4.48. The van der Waals surface area contributed by atoms with Crippen molar-refractivity contribution in [3.05, 3.63) is 42.4 Å². The van der Waals surface area contributed by atoms with Gasteiger partial charge in [0.15, 0.2) is 0 Å². The largest absolute Gasteiger partial charge is 0.463 e. The molecule has 5 nitrogen and oxygen atoms in total. The van der Waals surface area contributed by atoms with E-state index in [4.69, 9.17) is 0 Å². The predicted octanol–water partition coefficient (Wildman–Crippen LogP) is 1.33. The molecular weight excluding hydrogens is 206 g/mol. The molecule has 5 heteroatoms. The first-order valence-electron chi connectivity index (χ1n) is 4.64. The fourth-order valence-electron chi connectivity index (χ4n) is 1.20. The highest BCUT2D eigenvalue weighted by molar-refractivity contribution is 5.84. The van der Waals surface area contributed by atoms with Gasteiger partial charge in [-0.3, -0.25) is 0 Å². The number of carbonyl (C=O) groups excluding carboxylic acids is 1. The van der Waals surface area contributed by atoms with E-state index in [1.54, 1.807) is 0 Å². The molecule has 16 heavy (non-hydrogen) atoms. The molecule has 80 valence electrons. The molecule has 1 aromatic heterocycles. The lowest BCUT2D eigenvalue weighted by atomic mass is 10.2. The van der Waals surface area contributed by atoms with Gasteiger partial charge in [0.05, 0.1) is 13.3 Å². The smallest absolute Gasteiger partial charge is 0.377 e. The van der Waals surface area contributed by atoms with E-state index >= 15 is 0 Å². The first kappa shape index (κ1) is 10.2. The first-order valence-corrected chi connectivity index (χ1v) is 4.64. The molecule has 0 saturated carbocycles. The fourth-order valence-corrected chi connectivity index (χ4v) is 1.20. The molecule has 2 aromatic rings. The van der Waals surface area contributed by atoms with Crippen molar-refractivity contribution in [3.8, 4) is 11.3 Å². The molecule has 0 aliphatic rings. The molecule has 0 spiro atoms. The van der Waals surface area contributed by atoms with Crippen LogP contribution in [0.3, 0.4) is 0 Å². The van der Waals surface area contributed by atoms with E-state index in [1.165, 1.54) is 13.3 Å². The summed E-state index contributed by atoms with van der Waals surface area (Å²) in [6.07, 6.45) is 1.49. The summed E-state index contributed by atoms with van der Waals surface area (Å²) in [7, 11) is 1.27. The second-order valence-electron chi connectivity index (χ2n) is 3.02. The third-order valence-corrected chi connectivity index (χ3v) is 2.00. The Balaban J connectivity index is 2.30. The monoisotopic (exact) mass is 215 g/mol. The van der Waals surface area contributed by atoms with Gasteiger partial charge in [0.1, 0.15) is 5.69 Å². The van der Waals surface area contributed by atoms with E-state index in [-0.39, 0.29) is 5.82 Å². The average molecular weight is 215 g/mol. The quantitative estimate of drug-likeness (QED) is 0.707. The van der Waals surface area contributed by atoms with Crippen LogP contribution in [-0.2, 0) is 4.74 Å². The average Bonchev–Trinajstić information content (AvgIpc) is 2.39. The molecule has 0 fully saturated rings. The molecule has 0 saturated heterocycles. The fraction of sp³-hybridized carbons (Fsp3) is 0.0909. The van der Waals surface area contributed by atoms with Gasteiger partial charge in [-0.1, -0.05) is 30.3 Å². The minimum absolute atomic E-state index is 0.0396. The molecule has 0 aliphatic carbocycles. The number of rotatable bonds is 2. The number of aromatic nitrogens is 3. The zero-order valence-electron chi connectivity index (χ0n) is 8.62. The maximum atomic E-state index is 11.1. The predicted molar refractivity (Wildman–Crippen MR) is 56.6 cm³/mol. The van der Waals surface area contributed by atoms with Gasteiger partial charge in [0, 0.05) is 5.56 Å². The molecular formula is C11H9N3O2. The van der Waals surface area contributed by atoms with Crippen LogP contribution < -0.4 is 0 Å². The lowest BCUT2D eigenvalue weighted by molar-refractivity contribution is 0.0585. The maximum absolute atomic E-state index is 11.1. The normalized spacial score (nSPS) is 9.81. The zero-order chi connectivity index (χ0) is 11.4. The van der Waals surface area contributed by atoms with Gasteiger partial charge >= 0.3 is 5.97 Å². The second-order valence-corrected chi connectivity index (χ2v) is 3.02. The van der Waals surface area contributed by atoms with Crippen molar-refractivity contribution in [2.24, 2.45) is 0 Å². The highest BCUT2D eigenvalue weighted by atomic mass is 16.5. The topological polar surface area (TPSA) is 65.0 Å². The Labute approximate surface area is 92.1 Å². The molecule has 0 atom stereocenters. The molecule has 1 heterocycles. The van der Waals surface area contributed by atoms with Crippen LogP contribution in [-0.4, -0.2) is 28.3 Å². The number of nitrogens with zero attached hydrogens (tertiary/aromatic N) is 3. The van der Waals surface area contributed by atoms with Crippen LogP contribution in [0.1, 0.15) is 10.6 Å². The van der Waals surface area contributed by atoms with Crippen molar-refractivity contribution < 1.29 is 9.53 Å². The molecule has 2 rings (SSSR count). The van der Waals surface area contributed by atoms with Crippen LogP contribution >= 0.6 is 0 Å². The van der Waals surface area contributed by atoms with Crippen molar-refractivity contribution >= 4 is 5.97 Å². The van der Waals surface area contributed by atoms with Gasteiger partial charge < -0.3 is 4.74 Å². The van der Waals surface area contributed by atoms with E-state index < -0.39 is 5.97 Å². The van der Waals surface area contributed by atoms with Crippen LogP contribution in [0.25, 0.3) is 11.3 Å². The molecule has 0 amide bonds. The molecule has 0 bridgehead atoms. The number of esters is 1. The third-order valence-electron chi connectivity index (χ3n) is 2.00. The Morgan fingerprint density at radius 1 is 1.19 bits per heavy atom. The van der Waals surface area contributed by atoms with Crippen molar-refractivity contribution in [3.63, 3.8) is 0 Å². The van der Waals surface area contributed by atoms with Crippen LogP contribution in [0.5, 0.6) is 0 Å². The van der Waals surface area contributed by atoms with E-state index in [9.17, 15) is 4.79 Å². The van der Waals surface area contributed by atoms with Crippen LogP contribution in [0.15, 0.2) is 36.5 Å². The Hall–Kier alpha value is -2.30. The van der Waals surface area contributed by atoms with Gasteiger partial charge in [-0.15, -0.1) is 10.2 Å². The number of carbonyl (C=O) groups is 1. The maximum Gasteiger partial charge on any atom is 0.377 e. The zero-order valence-corrected chi connectivity index (χ0v) is 8.62. The van der Waals surface area contributed by atoms with Gasteiger partial charge in [-0.2, -0.15) is 0 Å². The minimum atomic E-state index is -0.591. The highest BCUT2D eigenvalue weighted by Crippen LogP contribution is 2.13. The number of hydrogen-bond acceptors (Lipinski definition) is 5. The number of methoxy groups -OCH3 is 1. The summed E-state index contributed by atoms with van der Waals surface area (Å²) in [4.78, 5) is 15.0. The van der Waals surface area contributed by atoms with Crippen molar-refractivity contribution in [2.45, 2.75) is 0 Å². The summed E-state index contributed by atoms with van der Waals surface area (Å²) >= 11 is 0. The number of ether oxygens (including phenoxy) is 1. The van der Waals surface area contributed by atoms with Gasteiger partial charge in [-0.05, 0) is 0 Å². The molecule has 1 aromatic carbocycles. The summed E-state index contributed by atoms with van der Waals surface area (Å²) < 4.78 is 4.48. The number of benzene rings is 1. The Bertz CT molecular complexity index is 482. The molecule has 0 aliphatic heterocycles. The van der Waals surface area contributed by atoms with Crippen molar-refractivity contribution in [2.75, 3.05) is 7.11 Å². The Morgan fingerprint density at radius 2 is 1.94 bits per heavy atom. The number of hydrogen-bond donors (Lipinski definition) is 0. The highest BCUT2D eigenvalue weighted by Gasteiger charge is 2.09. The third kappa shape index (κ3) is 2.03. The molecule has 0 radical (unpaired) electrons. The minimum Gasteiger partial charge on any atom is -0.463 e. The first-order chi connectivity index (χ1) is 7.81. The summed E-state index contributed by atoms with van der Waals surface area (Å²) in [6, 6.07) is 9.48. The van der Waals surface area contributed by atoms with E-state index in [0.717, 1.165) is 5.56 Å². The van der Waals surface area contributed by atoms with Gasteiger partial charge in [0.25, 0.3) is 5.82 Å². The van der Waals surface area contributed by atoms with Crippen LogP contribution in [0, 0.1) is 0 Å². The van der Waals surface area contributed by atoms with Gasteiger partial charge in [0.2, 0.25) is 0 Å². The van der Waals surface area contributed by atoms with E-state index in [2.05, 4.69) is 19.9 Å².